The van der Waals surface area contributed by atoms with Crippen molar-refractivity contribution in [3.05, 3.63) is 21.3 Å². The Labute approximate surface area is 169 Å². The Morgan fingerprint density at radius 1 is 1.54 bits per heavy atom. The number of aliphatic imine (C=N–C) groups is 1. The lowest BCUT2D eigenvalue weighted by Gasteiger charge is -2.30. The third-order valence-electron chi connectivity index (χ3n) is 3.53. The van der Waals surface area contributed by atoms with Crippen LogP contribution in [0.1, 0.15) is 17.9 Å². The van der Waals surface area contributed by atoms with E-state index in [1.165, 1.54) is 11.3 Å². The number of halogens is 2. The molecule has 9 heteroatoms. The zero-order valence-corrected chi connectivity index (χ0v) is 17.9. The SMILES string of the molecule is CCNC(=NCC(O)c1ccc(Cl)s1)NCC1CN(C)CCO1.I. The van der Waals surface area contributed by atoms with E-state index < -0.39 is 6.10 Å². The number of nitrogens with zero attached hydrogens (tertiary/aromatic N) is 2. The van der Waals surface area contributed by atoms with Gasteiger partial charge in [-0.15, -0.1) is 35.3 Å². The van der Waals surface area contributed by atoms with Crippen molar-refractivity contribution in [1.29, 1.82) is 0 Å². The smallest absolute Gasteiger partial charge is 0.191 e. The van der Waals surface area contributed by atoms with Gasteiger partial charge in [0.25, 0.3) is 0 Å². The Morgan fingerprint density at radius 2 is 2.33 bits per heavy atom. The number of morpholine rings is 1. The van der Waals surface area contributed by atoms with Crippen LogP contribution in [0.5, 0.6) is 0 Å². The molecule has 2 atom stereocenters. The van der Waals surface area contributed by atoms with Crippen LogP contribution in [0.3, 0.4) is 0 Å². The quantitative estimate of drug-likeness (QED) is 0.324. The molecule has 1 aliphatic rings. The number of nitrogens with one attached hydrogen (secondary N) is 2. The van der Waals surface area contributed by atoms with Gasteiger partial charge in [-0.1, -0.05) is 11.6 Å². The predicted octanol–water partition coefficient (Wildman–Crippen LogP) is 1.94. The lowest BCUT2D eigenvalue weighted by molar-refractivity contribution is -0.0161. The maximum Gasteiger partial charge on any atom is 0.191 e. The standard InChI is InChI=1S/C15H25ClN4O2S.HI/c1-3-17-15(18-8-11-10-20(2)6-7-22-11)19-9-12(21)13-4-5-14(16)23-13;/h4-5,11-12,21H,3,6-10H2,1-2H3,(H2,17,18,19);1H. The van der Waals surface area contributed by atoms with E-state index in [2.05, 4.69) is 27.6 Å². The molecule has 2 unspecified atom stereocenters. The van der Waals surface area contributed by atoms with Crippen molar-refractivity contribution in [1.82, 2.24) is 15.5 Å². The van der Waals surface area contributed by atoms with Crippen LogP contribution in [-0.4, -0.2) is 68.4 Å². The number of thiophene rings is 1. The summed E-state index contributed by atoms with van der Waals surface area (Å²) in [4.78, 5) is 7.52. The van der Waals surface area contributed by atoms with Crippen molar-refractivity contribution in [3.63, 3.8) is 0 Å². The highest BCUT2D eigenvalue weighted by Crippen LogP contribution is 2.26. The van der Waals surface area contributed by atoms with E-state index in [-0.39, 0.29) is 36.6 Å². The molecular weight excluding hydrogens is 463 g/mol. The molecule has 2 rings (SSSR count). The number of guanidine groups is 1. The molecule has 24 heavy (non-hydrogen) atoms. The first-order chi connectivity index (χ1) is 11.1. The third-order valence-corrected chi connectivity index (χ3v) is 4.86. The molecule has 0 spiro atoms. The first kappa shape index (κ1) is 21.9. The van der Waals surface area contributed by atoms with Gasteiger partial charge in [-0.05, 0) is 26.1 Å². The summed E-state index contributed by atoms with van der Waals surface area (Å²) < 4.78 is 6.40. The van der Waals surface area contributed by atoms with E-state index >= 15 is 0 Å². The number of aliphatic hydroxyl groups is 1. The number of likely N-dealkylation sites (N-methyl/N-ethyl adjacent to an activating group) is 1. The fraction of sp³-hybridized carbons (Fsp3) is 0.667. The normalized spacial score (nSPS) is 20.3. The van der Waals surface area contributed by atoms with E-state index in [4.69, 9.17) is 16.3 Å². The minimum absolute atomic E-state index is 0. The molecule has 1 aromatic rings. The molecule has 1 fully saturated rings. The Bertz CT molecular complexity index is 517. The van der Waals surface area contributed by atoms with Crippen molar-refractivity contribution in [2.45, 2.75) is 19.1 Å². The van der Waals surface area contributed by atoms with E-state index in [1.807, 2.05) is 13.0 Å². The highest BCUT2D eigenvalue weighted by Gasteiger charge is 2.18. The minimum Gasteiger partial charge on any atom is -0.386 e. The number of rotatable bonds is 6. The van der Waals surface area contributed by atoms with E-state index in [9.17, 15) is 5.11 Å². The topological polar surface area (TPSA) is 69.1 Å². The first-order valence-corrected chi connectivity index (χ1v) is 9.03. The predicted molar refractivity (Wildman–Crippen MR) is 111 cm³/mol. The molecule has 1 aliphatic heterocycles. The second-order valence-corrected chi connectivity index (χ2v) is 7.26. The van der Waals surface area contributed by atoms with Gasteiger partial charge in [0.1, 0.15) is 6.10 Å². The van der Waals surface area contributed by atoms with Gasteiger partial charge >= 0.3 is 0 Å². The molecule has 0 radical (unpaired) electrons. The average molecular weight is 489 g/mol. The number of aliphatic hydroxyl groups excluding tert-OH is 1. The summed E-state index contributed by atoms with van der Waals surface area (Å²) in [5.74, 6) is 0.686. The lowest BCUT2D eigenvalue weighted by Crippen LogP contribution is -2.48. The van der Waals surface area contributed by atoms with Crippen LogP contribution in [0.15, 0.2) is 17.1 Å². The monoisotopic (exact) mass is 488 g/mol. The molecule has 0 bridgehead atoms. The summed E-state index contributed by atoms with van der Waals surface area (Å²) in [5.41, 5.74) is 0. The number of ether oxygens (including phenoxy) is 1. The molecule has 0 saturated carbocycles. The summed E-state index contributed by atoms with van der Waals surface area (Å²) in [6.07, 6.45) is -0.487. The van der Waals surface area contributed by atoms with E-state index in [1.54, 1.807) is 6.07 Å². The molecule has 2 heterocycles. The van der Waals surface area contributed by atoms with Crippen molar-refractivity contribution >= 4 is 52.9 Å². The number of hydrogen-bond donors (Lipinski definition) is 3. The zero-order chi connectivity index (χ0) is 16.7. The summed E-state index contributed by atoms with van der Waals surface area (Å²) in [7, 11) is 2.09. The molecule has 0 amide bonds. The van der Waals surface area contributed by atoms with Crippen molar-refractivity contribution < 1.29 is 9.84 Å². The first-order valence-electron chi connectivity index (χ1n) is 7.84. The molecule has 1 saturated heterocycles. The Balaban J connectivity index is 0.00000288. The van der Waals surface area contributed by atoms with Gasteiger partial charge in [-0.25, -0.2) is 0 Å². The van der Waals surface area contributed by atoms with Gasteiger partial charge < -0.3 is 25.4 Å². The van der Waals surface area contributed by atoms with Gasteiger partial charge in [-0.3, -0.25) is 4.99 Å². The highest BCUT2D eigenvalue weighted by atomic mass is 127. The van der Waals surface area contributed by atoms with Crippen LogP contribution in [0.2, 0.25) is 4.34 Å². The minimum atomic E-state index is -0.639. The molecular formula is C15H26ClIN4O2S. The molecule has 1 aromatic heterocycles. The fourth-order valence-electron chi connectivity index (χ4n) is 2.32. The zero-order valence-electron chi connectivity index (χ0n) is 14.0. The summed E-state index contributed by atoms with van der Waals surface area (Å²) in [5, 5.41) is 16.6. The van der Waals surface area contributed by atoms with Crippen LogP contribution < -0.4 is 10.6 Å². The lowest BCUT2D eigenvalue weighted by atomic mass is 10.3. The van der Waals surface area contributed by atoms with Gasteiger partial charge in [-0.2, -0.15) is 0 Å². The highest BCUT2D eigenvalue weighted by molar-refractivity contribution is 14.0. The molecule has 138 valence electrons. The Kier molecular flexibility index (Phi) is 10.5. The second kappa shape index (κ2) is 11.5. The Morgan fingerprint density at radius 3 is 2.96 bits per heavy atom. The van der Waals surface area contributed by atoms with Crippen LogP contribution in [0.4, 0.5) is 0 Å². The van der Waals surface area contributed by atoms with Crippen LogP contribution >= 0.6 is 46.9 Å². The molecule has 6 nitrogen and oxygen atoms in total. The van der Waals surface area contributed by atoms with E-state index in [0.717, 1.165) is 31.1 Å². The largest absolute Gasteiger partial charge is 0.386 e. The maximum absolute atomic E-state index is 10.2. The Hall–Kier alpha value is -0.130. The van der Waals surface area contributed by atoms with Crippen molar-refractivity contribution in [2.24, 2.45) is 4.99 Å². The van der Waals surface area contributed by atoms with Crippen LogP contribution in [-0.2, 0) is 4.74 Å². The van der Waals surface area contributed by atoms with Gasteiger partial charge in [0, 0.05) is 31.1 Å². The summed E-state index contributed by atoms with van der Waals surface area (Å²) in [6.45, 7) is 6.39. The summed E-state index contributed by atoms with van der Waals surface area (Å²) >= 11 is 7.27. The third kappa shape index (κ3) is 7.40. The maximum atomic E-state index is 10.2. The average Bonchev–Trinajstić information content (AvgIpc) is 2.96. The molecule has 0 aromatic carbocycles. The van der Waals surface area contributed by atoms with E-state index in [0.29, 0.717) is 16.8 Å². The van der Waals surface area contributed by atoms with Crippen molar-refractivity contribution in [2.75, 3.05) is 46.4 Å². The second-order valence-electron chi connectivity index (χ2n) is 5.51. The van der Waals surface area contributed by atoms with Gasteiger partial charge in [0.2, 0.25) is 0 Å². The molecule has 3 N–H and O–H groups in total. The number of hydrogen-bond acceptors (Lipinski definition) is 5. The van der Waals surface area contributed by atoms with Crippen molar-refractivity contribution in [3.8, 4) is 0 Å². The summed E-state index contributed by atoms with van der Waals surface area (Å²) in [6, 6.07) is 3.62. The van der Waals surface area contributed by atoms with Gasteiger partial charge in [0.15, 0.2) is 5.96 Å². The fourth-order valence-corrected chi connectivity index (χ4v) is 3.36. The molecule has 0 aliphatic carbocycles. The van der Waals surface area contributed by atoms with Crippen LogP contribution in [0, 0.1) is 0 Å². The van der Waals surface area contributed by atoms with Gasteiger partial charge in [0.05, 0.1) is 23.6 Å². The van der Waals surface area contributed by atoms with Crippen LogP contribution in [0.25, 0.3) is 0 Å².